The van der Waals surface area contributed by atoms with E-state index < -0.39 is 0 Å². The fraction of sp³-hybridized carbons (Fsp3) is 0.600. The lowest BCUT2D eigenvalue weighted by atomic mass is 9.87. The number of aryl methyl sites for hydroxylation is 1. The average Bonchev–Trinajstić information content (AvgIpc) is 2.32. The first kappa shape index (κ1) is 12.6. The van der Waals surface area contributed by atoms with E-state index in [1.54, 1.807) is 6.07 Å². The summed E-state index contributed by atoms with van der Waals surface area (Å²) < 4.78 is 13.1. The maximum atomic E-state index is 13.1. The normalized spacial score (nSPS) is 24.9. The molecule has 2 rings (SSSR count). The molecule has 0 aliphatic heterocycles. The van der Waals surface area contributed by atoms with Crippen LogP contribution in [0.3, 0.4) is 0 Å². The van der Waals surface area contributed by atoms with Crippen LogP contribution in [0.1, 0.15) is 43.7 Å². The second kappa shape index (κ2) is 5.63. The smallest absolute Gasteiger partial charge is 0.123 e. The minimum absolute atomic E-state index is 0.135. The molecule has 1 N–H and O–H groups in total. The Kier molecular flexibility index (Phi) is 4.16. The fourth-order valence-electron chi connectivity index (χ4n) is 2.55. The molecule has 0 unspecified atom stereocenters. The Labute approximate surface area is 103 Å². The van der Waals surface area contributed by atoms with Crippen molar-refractivity contribution in [3.8, 4) is 0 Å². The van der Waals surface area contributed by atoms with Crippen LogP contribution in [0, 0.1) is 18.7 Å². The molecule has 17 heavy (non-hydrogen) atoms. The number of rotatable bonds is 3. The maximum Gasteiger partial charge on any atom is 0.123 e. The zero-order valence-corrected chi connectivity index (χ0v) is 10.8. The predicted octanol–water partition coefficient (Wildman–Crippen LogP) is 3.80. The van der Waals surface area contributed by atoms with Crippen molar-refractivity contribution in [3.05, 3.63) is 35.1 Å². The lowest BCUT2D eigenvalue weighted by Gasteiger charge is -2.27. The summed E-state index contributed by atoms with van der Waals surface area (Å²) in [4.78, 5) is 0. The van der Waals surface area contributed by atoms with Crippen LogP contribution in [0.4, 0.5) is 4.39 Å². The van der Waals surface area contributed by atoms with Crippen LogP contribution in [-0.2, 0) is 6.54 Å². The van der Waals surface area contributed by atoms with Crippen LogP contribution in [0.25, 0.3) is 0 Å². The third kappa shape index (κ3) is 3.53. The van der Waals surface area contributed by atoms with Gasteiger partial charge in [-0.3, -0.25) is 0 Å². The van der Waals surface area contributed by atoms with Gasteiger partial charge < -0.3 is 5.32 Å². The maximum absolute atomic E-state index is 13.1. The molecule has 2 heteroatoms. The number of hydrogen-bond acceptors (Lipinski definition) is 1. The first-order valence-corrected chi connectivity index (χ1v) is 6.63. The molecular weight excluding hydrogens is 213 g/mol. The van der Waals surface area contributed by atoms with Crippen molar-refractivity contribution in [3.63, 3.8) is 0 Å². The Balaban J connectivity index is 1.87. The van der Waals surface area contributed by atoms with Gasteiger partial charge in [0.1, 0.15) is 5.82 Å². The van der Waals surface area contributed by atoms with Crippen molar-refractivity contribution in [2.75, 3.05) is 0 Å². The van der Waals surface area contributed by atoms with Crippen LogP contribution in [0.5, 0.6) is 0 Å². The largest absolute Gasteiger partial charge is 0.310 e. The molecule has 0 spiro atoms. The zero-order chi connectivity index (χ0) is 12.3. The predicted molar refractivity (Wildman–Crippen MR) is 69.4 cm³/mol. The molecule has 1 aromatic carbocycles. The van der Waals surface area contributed by atoms with Gasteiger partial charge in [0.2, 0.25) is 0 Å². The van der Waals surface area contributed by atoms with Crippen molar-refractivity contribution >= 4 is 0 Å². The van der Waals surface area contributed by atoms with Gasteiger partial charge in [-0.2, -0.15) is 0 Å². The molecule has 0 saturated heterocycles. The standard InChI is InChI=1S/C15H22FN/c1-11-3-7-15(8-4-11)17-10-13-9-14(16)6-5-12(13)2/h5-6,9,11,15,17H,3-4,7-8,10H2,1-2H3. The molecular formula is C15H22FN. The minimum atomic E-state index is -0.135. The Hall–Kier alpha value is -0.890. The number of benzene rings is 1. The van der Waals surface area contributed by atoms with Crippen LogP contribution in [0.15, 0.2) is 18.2 Å². The molecule has 0 radical (unpaired) electrons. The first-order chi connectivity index (χ1) is 8.15. The van der Waals surface area contributed by atoms with Crippen molar-refractivity contribution in [2.45, 2.75) is 52.1 Å². The van der Waals surface area contributed by atoms with Gasteiger partial charge >= 0.3 is 0 Å². The molecule has 0 amide bonds. The highest BCUT2D eigenvalue weighted by molar-refractivity contribution is 5.26. The van der Waals surface area contributed by atoms with E-state index in [2.05, 4.69) is 12.2 Å². The lowest BCUT2D eigenvalue weighted by molar-refractivity contribution is 0.306. The summed E-state index contributed by atoms with van der Waals surface area (Å²) in [6, 6.07) is 5.65. The van der Waals surface area contributed by atoms with E-state index in [9.17, 15) is 4.39 Å². The van der Waals surface area contributed by atoms with Gasteiger partial charge in [-0.1, -0.05) is 13.0 Å². The van der Waals surface area contributed by atoms with Crippen LogP contribution in [-0.4, -0.2) is 6.04 Å². The summed E-state index contributed by atoms with van der Waals surface area (Å²) in [5.41, 5.74) is 2.26. The van der Waals surface area contributed by atoms with Crippen molar-refractivity contribution in [1.82, 2.24) is 5.32 Å². The van der Waals surface area contributed by atoms with Crippen molar-refractivity contribution < 1.29 is 4.39 Å². The molecule has 1 aliphatic rings. The SMILES string of the molecule is Cc1ccc(F)cc1CNC1CCC(C)CC1. The van der Waals surface area contributed by atoms with Crippen molar-refractivity contribution in [2.24, 2.45) is 5.92 Å². The highest BCUT2D eigenvalue weighted by Gasteiger charge is 2.17. The Morgan fingerprint density at radius 3 is 2.65 bits per heavy atom. The average molecular weight is 235 g/mol. The van der Waals surface area contributed by atoms with E-state index in [4.69, 9.17) is 0 Å². The molecule has 0 aromatic heterocycles. The third-order valence-electron chi connectivity index (χ3n) is 3.91. The van der Waals surface area contributed by atoms with Gasteiger partial charge in [0, 0.05) is 12.6 Å². The molecule has 0 atom stereocenters. The summed E-state index contributed by atoms with van der Waals surface area (Å²) in [5.74, 6) is 0.744. The molecule has 94 valence electrons. The van der Waals surface area contributed by atoms with Gasteiger partial charge in [0.05, 0.1) is 0 Å². The van der Waals surface area contributed by atoms with E-state index in [0.29, 0.717) is 6.04 Å². The molecule has 1 fully saturated rings. The highest BCUT2D eigenvalue weighted by Crippen LogP contribution is 2.23. The summed E-state index contributed by atoms with van der Waals surface area (Å²) in [6.07, 6.45) is 5.16. The zero-order valence-electron chi connectivity index (χ0n) is 10.8. The lowest BCUT2D eigenvalue weighted by Crippen LogP contribution is -2.32. The quantitative estimate of drug-likeness (QED) is 0.840. The number of hydrogen-bond donors (Lipinski definition) is 1. The van der Waals surface area contributed by atoms with E-state index in [0.717, 1.165) is 18.0 Å². The second-order valence-electron chi connectivity index (χ2n) is 5.41. The summed E-state index contributed by atoms with van der Waals surface area (Å²) >= 11 is 0. The van der Waals surface area contributed by atoms with Crippen LogP contribution >= 0.6 is 0 Å². The van der Waals surface area contributed by atoms with E-state index in [-0.39, 0.29) is 5.82 Å². The van der Waals surface area contributed by atoms with E-state index in [1.807, 2.05) is 13.0 Å². The number of halogens is 1. The van der Waals surface area contributed by atoms with Gasteiger partial charge in [-0.25, -0.2) is 4.39 Å². The van der Waals surface area contributed by atoms with Gasteiger partial charge in [-0.15, -0.1) is 0 Å². The van der Waals surface area contributed by atoms with Crippen molar-refractivity contribution in [1.29, 1.82) is 0 Å². The first-order valence-electron chi connectivity index (χ1n) is 6.63. The molecule has 1 aromatic rings. The minimum Gasteiger partial charge on any atom is -0.310 e. The number of nitrogens with one attached hydrogen (secondary N) is 1. The van der Waals surface area contributed by atoms with Crippen LogP contribution < -0.4 is 5.32 Å². The van der Waals surface area contributed by atoms with Gasteiger partial charge in [-0.05, 0) is 61.8 Å². The monoisotopic (exact) mass is 235 g/mol. The third-order valence-corrected chi connectivity index (χ3v) is 3.91. The van der Waals surface area contributed by atoms with Gasteiger partial charge in [0.25, 0.3) is 0 Å². The highest BCUT2D eigenvalue weighted by atomic mass is 19.1. The molecule has 1 saturated carbocycles. The molecule has 0 heterocycles. The summed E-state index contributed by atoms with van der Waals surface area (Å²) in [5, 5.41) is 3.56. The fourth-order valence-corrected chi connectivity index (χ4v) is 2.55. The Bertz CT molecular complexity index is 367. The Morgan fingerprint density at radius 1 is 1.24 bits per heavy atom. The van der Waals surface area contributed by atoms with E-state index in [1.165, 1.54) is 37.3 Å². The second-order valence-corrected chi connectivity index (χ2v) is 5.41. The summed E-state index contributed by atoms with van der Waals surface area (Å²) in [7, 11) is 0. The van der Waals surface area contributed by atoms with E-state index >= 15 is 0 Å². The molecule has 1 nitrogen and oxygen atoms in total. The summed E-state index contributed by atoms with van der Waals surface area (Å²) in [6.45, 7) is 5.16. The topological polar surface area (TPSA) is 12.0 Å². The molecule has 1 aliphatic carbocycles. The Morgan fingerprint density at radius 2 is 1.94 bits per heavy atom. The van der Waals surface area contributed by atoms with Crippen LogP contribution in [0.2, 0.25) is 0 Å². The van der Waals surface area contributed by atoms with Gasteiger partial charge in [0.15, 0.2) is 0 Å². The molecule has 0 bridgehead atoms.